The van der Waals surface area contributed by atoms with Crippen LogP contribution in [-0.4, -0.2) is 81.3 Å². The summed E-state index contributed by atoms with van der Waals surface area (Å²) in [4.78, 5) is 27.6. The SMILES string of the molecule is CN(C)C(=O)N1CCN(S(=O)(=O)c2ccc(Cl)cc2)C[C@]2(CNC(=O)C2)C1. The lowest BCUT2D eigenvalue weighted by Gasteiger charge is -2.33. The molecule has 2 aliphatic heterocycles. The number of benzene rings is 1. The predicted molar refractivity (Wildman–Crippen MR) is 101 cm³/mol. The number of halogens is 1. The molecule has 0 aliphatic carbocycles. The number of amides is 3. The molecule has 0 bridgehead atoms. The quantitative estimate of drug-likeness (QED) is 0.776. The first-order chi connectivity index (χ1) is 12.6. The minimum Gasteiger partial charge on any atom is -0.355 e. The summed E-state index contributed by atoms with van der Waals surface area (Å²) in [5.41, 5.74) is -0.640. The van der Waals surface area contributed by atoms with Crippen molar-refractivity contribution in [3.63, 3.8) is 0 Å². The summed E-state index contributed by atoms with van der Waals surface area (Å²) >= 11 is 5.87. The normalized spacial score (nSPS) is 24.0. The molecule has 10 heteroatoms. The highest BCUT2D eigenvalue weighted by Crippen LogP contribution is 2.33. The predicted octanol–water partition coefficient (Wildman–Crippen LogP) is 0.834. The van der Waals surface area contributed by atoms with Crippen LogP contribution in [-0.2, 0) is 14.8 Å². The van der Waals surface area contributed by atoms with Gasteiger partial charge in [-0.15, -0.1) is 0 Å². The van der Waals surface area contributed by atoms with Gasteiger partial charge in [-0.1, -0.05) is 11.6 Å². The van der Waals surface area contributed by atoms with Crippen LogP contribution in [0.2, 0.25) is 5.02 Å². The minimum atomic E-state index is -3.77. The van der Waals surface area contributed by atoms with Gasteiger partial charge in [-0.2, -0.15) is 4.31 Å². The molecule has 8 nitrogen and oxygen atoms in total. The Labute approximate surface area is 164 Å². The molecule has 0 saturated carbocycles. The van der Waals surface area contributed by atoms with Gasteiger partial charge in [-0.25, -0.2) is 13.2 Å². The molecule has 2 saturated heterocycles. The topological polar surface area (TPSA) is 90.0 Å². The van der Waals surface area contributed by atoms with E-state index in [0.717, 1.165) is 0 Å². The maximum atomic E-state index is 13.1. The standard InChI is InChI=1S/C17H23ClN4O4S/c1-20(2)16(24)21-7-8-22(12-17(11-21)9-15(23)19-10-17)27(25,26)14-5-3-13(18)4-6-14/h3-6H,7-12H2,1-2H3,(H,19,23)/t17-/m1/s1. The molecule has 0 unspecified atom stereocenters. The lowest BCUT2D eigenvalue weighted by molar-refractivity contribution is -0.119. The van der Waals surface area contributed by atoms with Crippen LogP contribution >= 0.6 is 11.6 Å². The van der Waals surface area contributed by atoms with Crippen molar-refractivity contribution in [1.82, 2.24) is 19.4 Å². The number of nitrogens with one attached hydrogen (secondary N) is 1. The Hall–Kier alpha value is -1.84. The molecule has 1 N–H and O–H groups in total. The van der Waals surface area contributed by atoms with Gasteiger partial charge in [0.05, 0.1) is 4.90 Å². The van der Waals surface area contributed by atoms with Gasteiger partial charge in [-0.05, 0) is 24.3 Å². The number of sulfonamides is 1. The largest absolute Gasteiger partial charge is 0.355 e. The lowest BCUT2D eigenvalue weighted by Crippen LogP contribution is -2.47. The Morgan fingerprint density at radius 1 is 1.19 bits per heavy atom. The van der Waals surface area contributed by atoms with Crippen molar-refractivity contribution < 1.29 is 18.0 Å². The molecule has 148 valence electrons. The average Bonchev–Trinajstić information content (AvgIpc) is 2.85. The molecule has 0 radical (unpaired) electrons. The van der Waals surface area contributed by atoms with Gasteiger partial charge in [0.25, 0.3) is 0 Å². The summed E-state index contributed by atoms with van der Waals surface area (Å²) in [6.45, 7) is 1.28. The van der Waals surface area contributed by atoms with Crippen molar-refractivity contribution in [2.75, 3.05) is 46.8 Å². The number of hydrogen-bond donors (Lipinski definition) is 1. The number of carbonyl (C=O) groups excluding carboxylic acids is 2. The van der Waals surface area contributed by atoms with E-state index in [4.69, 9.17) is 11.6 Å². The van der Waals surface area contributed by atoms with E-state index < -0.39 is 15.4 Å². The number of nitrogens with zero attached hydrogens (tertiary/aromatic N) is 3. The molecule has 0 aromatic heterocycles. The van der Waals surface area contributed by atoms with E-state index in [1.807, 2.05) is 0 Å². The van der Waals surface area contributed by atoms with E-state index in [-0.39, 0.29) is 42.9 Å². The molecular weight excluding hydrogens is 392 g/mol. The van der Waals surface area contributed by atoms with Crippen LogP contribution in [0.1, 0.15) is 6.42 Å². The summed E-state index contributed by atoms with van der Waals surface area (Å²) < 4.78 is 27.7. The van der Waals surface area contributed by atoms with Crippen molar-refractivity contribution in [1.29, 1.82) is 0 Å². The van der Waals surface area contributed by atoms with Gasteiger partial charge >= 0.3 is 6.03 Å². The molecule has 1 aromatic rings. The number of urea groups is 1. The van der Waals surface area contributed by atoms with Gasteiger partial charge < -0.3 is 15.1 Å². The van der Waals surface area contributed by atoms with Crippen LogP contribution in [0.5, 0.6) is 0 Å². The molecule has 2 heterocycles. The Morgan fingerprint density at radius 3 is 2.41 bits per heavy atom. The molecule has 2 fully saturated rings. The second kappa shape index (κ2) is 7.29. The third-order valence-electron chi connectivity index (χ3n) is 4.96. The molecule has 1 atom stereocenters. The van der Waals surface area contributed by atoms with Gasteiger partial charge in [0.2, 0.25) is 15.9 Å². The average molecular weight is 415 g/mol. The van der Waals surface area contributed by atoms with Gasteiger partial charge in [0, 0.05) is 63.7 Å². The Morgan fingerprint density at radius 2 is 1.85 bits per heavy atom. The zero-order valence-electron chi connectivity index (χ0n) is 15.3. The lowest BCUT2D eigenvalue weighted by atomic mass is 9.86. The monoisotopic (exact) mass is 414 g/mol. The van der Waals surface area contributed by atoms with Crippen LogP contribution in [0.15, 0.2) is 29.2 Å². The van der Waals surface area contributed by atoms with Crippen molar-refractivity contribution >= 4 is 33.6 Å². The number of hydrogen-bond acceptors (Lipinski definition) is 4. The summed E-state index contributed by atoms with van der Waals surface area (Å²) in [5, 5.41) is 3.24. The van der Waals surface area contributed by atoms with Crippen LogP contribution in [0.25, 0.3) is 0 Å². The molecule has 27 heavy (non-hydrogen) atoms. The third kappa shape index (κ3) is 4.04. The van der Waals surface area contributed by atoms with Crippen LogP contribution in [0, 0.1) is 5.41 Å². The highest BCUT2D eigenvalue weighted by molar-refractivity contribution is 7.89. The fraction of sp³-hybridized carbons (Fsp3) is 0.529. The third-order valence-corrected chi connectivity index (χ3v) is 7.07. The van der Waals surface area contributed by atoms with E-state index in [9.17, 15) is 18.0 Å². The van der Waals surface area contributed by atoms with Gasteiger partial charge in [0.15, 0.2) is 0 Å². The molecular formula is C17H23ClN4O4S. The highest BCUT2D eigenvalue weighted by Gasteiger charge is 2.46. The fourth-order valence-electron chi connectivity index (χ4n) is 3.60. The maximum absolute atomic E-state index is 13.1. The fourth-order valence-corrected chi connectivity index (χ4v) is 5.27. The first-order valence-electron chi connectivity index (χ1n) is 8.62. The van der Waals surface area contributed by atoms with Gasteiger partial charge in [0.1, 0.15) is 0 Å². The summed E-state index contributed by atoms with van der Waals surface area (Å²) in [6, 6.07) is 5.81. The Bertz CT molecular complexity index is 843. The first-order valence-corrected chi connectivity index (χ1v) is 10.4. The molecule has 3 amide bonds. The Kier molecular flexibility index (Phi) is 5.38. The van der Waals surface area contributed by atoms with E-state index >= 15 is 0 Å². The van der Waals surface area contributed by atoms with Crippen LogP contribution in [0.4, 0.5) is 4.79 Å². The van der Waals surface area contributed by atoms with E-state index in [1.165, 1.54) is 33.5 Å². The van der Waals surface area contributed by atoms with E-state index in [2.05, 4.69) is 5.32 Å². The van der Waals surface area contributed by atoms with Crippen molar-refractivity contribution in [2.45, 2.75) is 11.3 Å². The second-order valence-corrected chi connectivity index (χ2v) is 9.72. The van der Waals surface area contributed by atoms with Crippen molar-refractivity contribution in [3.05, 3.63) is 29.3 Å². The van der Waals surface area contributed by atoms with Crippen molar-refractivity contribution in [3.8, 4) is 0 Å². The minimum absolute atomic E-state index is 0.127. The number of rotatable bonds is 2. The van der Waals surface area contributed by atoms with Crippen molar-refractivity contribution in [2.24, 2.45) is 5.41 Å². The zero-order chi connectivity index (χ0) is 19.8. The van der Waals surface area contributed by atoms with E-state index in [1.54, 1.807) is 19.0 Å². The molecule has 1 spiro atoms. The second-order valence-electron chi connectivity index (χ2n) is 7.34. The molecule has 1 aromatic carbocycles. The summed E-state index contributed by atoms with van der Waals surface area (Å²) in [6.07, 6.45) is 0.191. The summed E-state index contributed by atoms with van der Waals surface area (Å²) in [7, 11) is -0.462. The molecule has 2 aliphatic rings. The van der Waals surface area contributed by atoms with Crippen LogP contribution in [0.3, 0.4) is 0 Å². The zero-order valence-corrected chi connectivity index (χ0v) is 16.9. The van der Waals surface area contributed by atoms with Gasteiger partial charge in [-0.3, -0.25) is 4.79 Å². The molecule has 3 rings (SSSR count). The van der Waals surface area contributed by atoms with Crippen LogP contribution < -0.4 is 5.32 Å². The smallest absolute Gasteiger partial charge is 0.319 e. The number of carbonyl (C=O) groups is 2. The maximum Gasteiger partial charge on any atom is 0.319 e. The highest BCUT2D eigenvalue weighted by atomic mass is 35.5. The Balaban J connectivity index is 1.93. The first kappa shape index (κ1) is 19.9. The summed E-state index contributed by atoms with van der Waals surface area (Å²) in [5.74, 6) is -0.127. The van der Waals surface area contributed by atoms with E-state index in [0.29, 0.717) is 18.1 Å².